The molecule has 0 atom stereocenters. The molecule has 0 fully saturated rings. The largest absolute Gasteiger partial charge is 0.493 e. The molecule has 0 saturated heterocycles. The maximum Gasteiger partial charge on any atom is 0.248 e. The molecule has 0 unspecified atom stereocenters. The second-order valence-electron chi connectivity index (χ2n) is 6.05. The second kappa shape index (κ2) is 9.20. The number of methoxy groups -OCH3 is 1. The van der Waals surface area contributed by atoms with Crippen LogP contribution < -0.4 is 14.8 Å². The highest BCUT2D eigenvalue weighted by atomic mass is 35.5. The molecule has 0 saturated carbocycles. The van der Waals surface area contributed by atoms with Crippen molar-refractivity contribution >= 4 is 29.3 Å². The first-order valence-electron chi connectivity index (χ1n) is 8.85. The predicted octanol–water partition coefficient (Wildman–Crippen LogP) is 3.68. The van der Waals surface area contributed by atoms with Gasteiger partial charge in [-0.05, 0) is 65.7 Å². The number of hydrogen-bond donors (Lipinski definition) is 1. The Kier molecular flexibility index (Phi) is 6.46. The number of nitrogens with zero attached hydrogens (tertiary/aromatic N) is 4. The molecule has 8 nitrogen and oxygen atoms in total. The van der Waals surface area contributed by atoms with Crippen molar-refractivity contribution in [1.82, 2.24) is 20.2 Å². The molecule has 0 aliphatic rings. The van der Waals surface area contributed by atoms with E-state index in [1.807, 2.05) is 26.0 Å². The summed E-state index contributed by atoms with van der Waals surface area (Å²) in [6.07, 6.45) is 4.56. The molecule has 3 rings (SSSR count). The number of carbonyl (C=O) groups is 1. The van der Waals surface area contributed by atoms with E-state index in [2.05, 4.69) is 20.8 Å². The number of carbonyl (C=O) groups excluding carboxylic acids is 1. The summed E-state index contributed by atoms with van der Waals surface area (Å²) in [6, 6.07) is 8.95. The summed E-state index contributed by atoms with van der Waals surface area (Å²) in [5, 5.41) is 14.4. The minimum atomic E-state index is -0.291. The van der Waals surface area contributed by atoms with Crippen molar-refractivity contribution in [3.8, 4) is 17.2 Å². The summed E-state index contributed by atoms with van der Waals surface area (Å²) in [7, 11) is 1.54. The zero-order chi connectivity index (χ0) is 20.8. The molecule has 29 heavy (non-hydrogen) atoms. The summed E-state index contributed by atoms with van der Waals surface area (Å²) in [5.74, 6) is 0.692. The molecule has 0 aliphatic carbocycles. The standard InChI is InChI=1S/C20H20ClN5O3/c1-4-29-20-16(21)9-14(10-18(20)28-3)6-8-19(27)23-15-7-5-13(2)17(11-15)26-12-22-24-25-26/h5-12H,4H2,1-3H3,(H,23,27)/b8-6+. The van der Waals surface area contributed by atoms with Crippen LogP contribution in [-0.4, -0.2) is 39.8 Å². The lowest BCUT2D eigenvalue weighted by Crippen LogP contribution is -2.09. The van der Waals surface area contributed by atoms with Gasteiger partial charge in [-0.2, -0.15) is 0 Å². The third-order valence-corrected chi connectivity index (χ3v) is 4.32. The van der Waals surface area contributed by atoms with Crippen molar-refractivity contribution in [2.45, 2.75) is 13.8 Å². The number of halogens is 1. The Bertz CT molecular complexity index is 1030. The van der Waals surface area contributed by atoms with Crippen molar-refractivity contribution in [1.29, 1.82) is 0 Å². The fourth-order valence-corrected chi connectivity index (χ4v) is 2.96. The van der Waals surface area contributed by atoms with Gasteiger partial charge in [-0.15, -0.1) is 5.10 Å². The van der Waals surface area contributed by atoms with E-state index in [9.17, 15) is 4.79 Å². The van der Waals surface area contributed by atoms with E-state index in [1.54, 1.807) is 24.3 Å². The zero-order valence-electron chi connectivity index (χ0n) is 16.2. The van der Waals surface area contributed by atoms with Crippen molar-refractivity contribution in [2.24, 2.45) is 0 Å². The van der Waals surface area contributed by atoms with Crippen molar-refractivity contribution in [3.63, 3.8) is 0 Å². The van der Waals surface area contributed by atoms with E-state index >= 15 is 0 Å². The maximum absolute atomic E-state index is 12.3. The molecule has 0 aliphatic heterocycles. The predicted molar refractivity (Wildman–Crippen MR) is 111 cm³/mol. The third-order valence-electron chi connectivity index (χ3n) is 4.04. The Hall–Kier alpha value is -3.39. The number of rotatable bonds is 7. The van der Waals surface area contributed by atoms with Crippen LogP contribution in [0.5, 0.6) is 11.5 Å². The van der Waals surface area contributed by atoms with Gasteiger partial charge in [-0.25, -0.2) is 4.68 Å². The molecule has 1 N–H and O–H groups in total. The summed E-state index contributed by atoms with van der Waals surface area (Å²) < 4.78 is 12.3. The van der Waals surface area contributed by atoms with E-state index in [1.165, 1.54) is 24.2 Å². The van der Waals surface area contributed by atoms with Gasteiger partial charge in [-0.1, -0.05) is 17.7 Å². The fourth-order valence-electron chi connectivity index (χ4n) is 2.68. The number of ether oxygens (including phenoxy) is 2. The molecule has 0 radical (unpaired) electrons. The lowest BCUT2D eigenvalue weighted by atomic mass is 10.1. The summed E-state index contributed by atoms with van der Waals surface area (Å²) in [5.41, 5.74) is 3.09. The SMILES string of the molecule is CCOc1c(Cl)cc(/C=C/C(=O)Nc2ccc(C)c(-n3cnnn3)c2)cc1OC. The van der Waals surface area contributed by atoms with Crippen molar-refractivity contribution in [2.75, 3.05) is 19.0 Å². The lowest BCUT2D eigenvalue weighted by molar-refractivity contribution is -0.111. The molecular weight excluding hydrogens is 394 g/mol. The number of benzene rings is 2. The van der Waals surface area contributed by atoms with Gasteiger partial charge in [0.15, 0.2) is 11.5 Å². The van der Waals surface area contributed by atoms with E-state index < -0.39 is 0 Å². The van der Waals surface area contributed by atoms with Crippen LogP contribution in [0.4, 0.5) is 5.69 Å². The quantitative estimate of drug-likeness (QED) is 0.594. The number of hydrogen-bond acceptors (Lipinski definition) is 6. The molecule has 0 spiro atoms. The highest BCUT2D eigenvalue weighted by molar-refractivity contribution is 6.32. The molecule has 3 aromatic rings. The van der Waals surface area contributed by atoms with Gasteiger partial charge >= 0.3 is 0 Å². The second-order valence-corrected chi connectivity index (χ2v) is 6.45. The smallest absolute Gasteiger partial charge is 0.248 e. The van der Waals surface area contributed by atoms with Crippen LogP contribution in [0.2, 0.25) is 5.02 Å². The van der Waals surface area contributed by atoms with Crippen LogP contribution in [0, 0.1) is 6.92 Å². The van der Waals surface area contributed by atoms with Gasteiger partial charge in [0.05, 0.1) is 24.4 Å². The topological polar surface area (TPSA) is 91.2 Å². The van der Waals surface area contributed by atoms with E-state index in [0.29, 0.717) is 34.4 Å². The van der Waals surface area contributed by atoms with Crippen LogP contribution in [-0.2, 0) is 4.79 Å². The third kappa shape index (κ3) is 4.91. The number of aromatic nitrogens is 4. The van der Waals surface area contributed by atoms with Crippen LogP contribution in [0.3, 0.4) is 0 Å². The molecule has 150 valence electrons. The number of aryl methyl sites for hydroxylation is 1. The summed E-state index contributed by atoms with van der Waals surface area (Å²) in [4.78, 5) is 12.3. The van der Waals surface area contributed by atoms with E-state index in [-0.39, 0.29) is 5.91 Å². The Morgan fingerprint density at radius 1 is 1.31 bits per heavy atom. The molecule has 9 heteroatoms. The van der Waals surface area contributed by atoms with Gasteiger partial charge in [0.25, 0.3) is 0 Å². The van der Waals surface area contributed by atoms with Crippen LogP contribution in [0.1, 0.15) is 18.1 Å². The van der Waals surface area contributed by atoms with Gasteiger partial charge in [0.2, 0.25) is 5.91 Å². The first kappa shape index (κ1) is 20.3. The van der Waals surface area contributed by atoms with Crippen LogP contribution >= 0.6 is 11.6 Å². The molecule has 2 aromatic carbocycles. The Morgan fingerprint density at radius 2 is 2.14 bits per heavy atom. The van der Waals surface area contributed by atoms with Crippen LogP contribution in [0.25, 0.3) is 11.8 Å². The van der Waals surface area contributed by atoms with Gasteiger partial charge in [-0.3, -0.25) is 4.79 Å². The van der Waals surface area contributed by atoms with Crippen LogP contribution in [0.15, 0.2) is 42.7 Å². The average Bonchev–Trinajstić information content (AvgIpc) is 3.24. The Balaban J connectivity index is 1.75. The molecule has 1 heterocycles. The maximum atomic E-state index is 12.3. The minimum Gasteiger partial charge on any atom is -0.493 e. The van der Waals surface area contributed by atoms with E-state index in [0.717, 1.165) is 11.3 Å². The van der Waals surface area contributed by atoms with Gasteiger partial charge in [0.1, 0.15) is 6.33 Å². The average molecular weight is 414 g/mol. The number of nitrogens with one attached hydrogen (secondary N) is 1. The Morgan fingerprint density at radius 3 is 2.83 bits per heavy atom. The fraction of sp³-hybridized carbons (Fsp3) is 0.200. The first-order valence-corrected chi connectivity index (χ1v) is 9.23. The molecule has 0 bridgehead atoms. The summed E-state index contributed by atoms with van der Waals surface area (Å²) in [6.45, 7) is 4.27. The molecular formula is C20H20ClN5O3. The molecule has 1 aromatic heterocycles. The van der Waals surface area contributed by atoms with Crippen molar-refractivity contribution in [3.05, 3.63) is 58.9 Å². The first-order chi connectivity index (χ1) is 14.0. The molecule has 1 amide bonds. The van der Waals surface area contributed by atoms with Crippen molar-refractivity contribution < 1.29 is 14.3 Å². The zero-order valence-corrected chi connectivity index (χ0v) is 17.0. The number of tetrazole rings is 1. The number of amides is 1. The monoisotopic (exact) mass is 413 g/mol. The lowest BCUT2D eigenvalue weighted by Gasteiger charge is -2.12. The van der Waals surface area contributed by atoms with E-state index in [4.69, 9.17) is 21.1 Å². The van der Waals surface area contributed by atoms with Gasteiger partial charge in [0, 0.05) is 11.8 Å². The normalized spacial score (nSPS) is 10.9. The Labute approximate surface area is 173 Å². The summed E-state index contributed by atoms with van der Waals surface area (Å²) >= 11 is 6.26. The number of anilines is 1. The highest BCUT2D eigenvalue weighted by Gasteiger charge is 2.11. The minimum absolute atomic E-state index is 0.291. The van der Waals surface area contributed by atoms with Gasteiger partial charge < -0.3 is 14.8 Å². The highest BCUT2D eigenvalue weighted by Crippen LogP contribution is 2.36.